The third-order valence-electron chi connectivity index (χ3n) is 5.36. The molecule has 0 heterocycles. The highest BCUT2D eigenvalue weighted by Crippen LogP contribution is 2.09. The molecule has 6 heteroatoms. The Kier molecular flexibility index (Phi) is 18.4. The summed E-state index contributed by atoms with van der Waals surface area (Å²) in [5.74, 6) is -0.415. The molecule has 6 nitrogen and oxygen atoms in total. The number of hydrogen-bond donors (Lipinski definition) is 2. The van der Waals surface area contributed by atoms with E-state index in [1.807, 2.05) is 6.92 Å². The minimum atomic E-state index is -0.581. The van der Waals surface area contributed by atoms with Crippen LogP contribution in [0.15, 0.2) is 0 Å². The molecule has 2 N–H and O–H groups in total. The van der Waals surface area contributed by atoms with Crippen LogP contribution in [0.25, 0.3) is 0 Å². The second-order valence-corrected chi connectivity index (χ2v) is 8.20. The van der Waals surface area contributed by atoms with Gasteiger partial charge >= 0.3 is 0 Å². The van der Waals surface area contributed by atoms with Gasteiger partial charge < -0.3 is 5.32 Å². The summed E-state index contributed by atoms with van der Waals surface area (Å²) in [6, 6.07) is -0.581. The molecule has 0 rings (SSSR count). The first kappa shape index (κ1) is 28.4. The number of rotatable bonds is 18. The van der Waals surface area contributed by atoms with Crippen LogP contribution in [0.1, 0.15) is 124 Å². The second-order valence-electron chi connectivity index (χ2n) is 8.20. The van der Waals surface area contributed by atoms with Gasteiger partial charge in [-0.05, 0) is 26.2 Å². The number of carbonyl (C=O) groups is 3. The number of amides is 3. The smallest absolute Gasteiger partial charge is 0.261 e. The van der Waals surface area contributed by atoms with Gasteiger partial charge in [0.15, 0.2) is 0 Å². The molecule has 176 valence electrons. The van der Waals surface area contributed by atoms with Crippen LogP contribution in [-0.4, -0.2) is 35.3 Å². The molecular weight excluding hydrogens is 378 g/mol. The van der Waals surface area contributed by atoms with Crippen LogP contribution >= 0.6 is 0 Å². The summed E-state index contributed by atoms with van der Waals surface area (Å²) in [7, 11) is 0. The number of nitrogens with zero attached hydrogens (tertiary/aromatic N) is 1. The van der Waals surface area contributed by atoms with E-state index in [9.17, 15) is 14.4 Å². The fourth-order valence-corrected chi connectivity index (χ4v) is 3.39. The fourth-order valence-electron chi connectivity index (χ4n) is 3.39. The van der Waals surface area contributed by atoms with E-state index < -0.39 is 6.04 Å². The number of nitrogens with one attached hydrogen (secondary N) is 2. The highest BCUT2D eigenvalue weighted by atomic mass is 16.2. The van der Waals surface area contributed by atoms with Crippen LogP contribution in [0.3, 0.4) is 0 Å². The van der Waals surface area contributed by atoms with Crippen molar-refractivity contribution in [2.75, 3.05) is 6.54 Å². The highest BCUT2D eigenvalue weighted by molar-refractivity contribution is 5.89. The average Bonchev–Trinajstić information content (AvgIpc) is 2.73. The zero-order chi connectivity index (χ0) is 22.6. The summed E-state index contributed by atoms with van der Waals surface area (Å²) in [6.07, 6.45) is 14.0. The lowest BCUT2D eigenvalue weighted by molar-refractivity contribution is -0.142. The van der Waals surface area contributed by atoms with Crippen LogP contribution in [0.5, 0.6) is 0 Å². The Morgan fingerprint density at radius 2 is 1.23 bits per heavy atom. The van der Waals surface area contributed by atoms with Crippen molar-refractivity contribution in [3.63, 3.8) is 0 Å². The standard InChI is InChI=1S/C24H47N3O3/c1-5-9-12-14-17-19-22(28)25-21(18-16-13-10-6-2)24(30)26-27(8-4)23(29)20-15-11-7-3/h21H,5-20H2,1-4H3,(H,25,28)(H,26,30). The van der Waals surface area contributed by atoms with E-state index in [1.54, 1.807) is 0 Å². The second kappa shape index (κ2) is 19.4. The Morgan fingerprint density at radius 3 is 1.83 bits per heavy atom. The topological polar surface area (TPSA) is 78.5 Å². The number of carbonyl (C=O) groups excluding carboxylic acids is 3. The summed E-state index contributed by atoms with van der Waals surface area (Å²) in [6.45, 7) is 8.68. The SMILES string of the molecule is CCCCCCCC(=O)NC(CCCCCC)C(=O)NN(CC)C(=O)CCCCC. The minimum absolute atomic E-state index is 0.0636. The van der Waals surface area contributed by atoms with Crippen molar-refractivity contribution in [1.29, 1.82) is 0 Å². The Balaban J connectivity index is 4.71. The first-order valence-electron chi connectivity index (χ1n) is 12.4. The van der Waals surface area contributed by atoms with E-state index in [-0.39, 0.29) is 17.7 Å². The molecule has 0 saturated carbocycles. The molecule has 0 aromatic heterocycles. The van der Waals surface area contributed by atoms with Gasteiger partial charge in [0.25, 0.3) is 5.91 Å². The lowest BCUT2D eigenvalue weighted by atomic mass is 10.1. The fraction of sp³-hybridized carbons (Fsp3) is 0.875. The van der Waals surface area contributed by atoms with Gasteiger partial charge in [-0.1, -0.05) is 85.0 Å². The predicted octanol–water partition coefficient (Wildman–Crippen LogP) is 5.26. The lowest BCUT2D eigenvalue weighted by Gasteiger charge is -2.25. The van der Waals surface area contributed by atoms with E-state index in [2.05, 4.69) is 31.5 Å². The van der Waals surface area contributed by atoms with Gasteiger partial charge in [-0.15, -0.1) is 0 Å². The largest absolute Gasteiger partial charge is 0.344 e. The van der Waals surface area contributed by atoms with Gasteiger partial charge in [0.05, 0.1) is 0 Å². The van der Waals surface area contributed by atoms with E-state index >= 15 is 0 Å². The van der Waals surface area contributed by atoms with E-state index in [0.29, 0.717) is 25.8 Å². The van der Waals surface area contributed by atoms with Crippen molar-refractivity contribution in [3.8, 4) is 0 Å². The van der Waals surface area contributed by atoms with Gasteiger partial charge in [-0.2, -0.15) is 0 Å². The molecule has 0 spiro atoms. The van der Waals surface area contributed by atoms with Gasteiger partial charge in [0.2, 0.25) is 11.8 Å². The lowest BCUT2D eigenvalue weighted by Crippen LogP contribution is -2.54. The summed E-state index contributed by atoms with van der Waals surface area (Å²) >= 11 is 0. The summed E-state index contributed by atoms with van der Waals surface area (Å²) in [4.78, 5) is 37.6. The summed E-state index contributed by atoms with van der Waals surface area (Å²) in [5, 5.41) is 4.31. The van der Waals surface area contributed by atoms with Crippen LogP contribution in [-0.2, 0) is 14.4 Å². The monoisotopic (exact) mass is 425 g/mol. The van der Waals surface area contributed by atoms with Crippen molar-refractivity contribution < 1.29 is 14.4 Å². The normalized spacial score (nSPS) is 11.7. The first-order valence-corrected chi connectivity index (χ1v) is 12.4. The summed E-state index contributed by atoms with van der Waals surface area (Å²) in [5.41, 5.74) is 2.75. The van der Waals surface area contributed by atoms with Crippen molar-refractivity contribution in [2.24, 2.45) is 0 Å². The molecule has 3 amide bonds. The van der Waals surface area contributed by atoms with Crippen molar-refractivity contribution >= 4 is 17.7 Å². The Labute approximate surface area is 184 Å². The number of unbranched alkanes of at least 4 members (excludes halogenated alkanes) is 9. The first-order chi connectivity index (χ1) is 14.5. The molecule has 0 saturated heterocycles. The Hall–Kier alpha value is -1.59. The van der Waals surface area contributed by atoms with Crippen LogP contribution in [0.4, 0.5) is 0 Å². The molecule has 0 aliphatic rings. The predicted molar refractivity (Wildman–Crippen MR) is 124 cm³/mol. The van der Waals surface area contributed by atoms with Crippen LogP contribution in [0, 0.1) is 0 Å². The molecule has 0 aliphatic heterocycles. The molecule has 30 heavy (non-hydrogen) atoms. The summed E-state index contributed by atoms with van der Waals surface area (Å²) < 4.78 is 0. The molecule has 0 bridgehead atoms. The molecular formula is C24H47N3O3. The average molecular weight is 426 g/mol. The Bertz CT molecular complexity index is 469. The van der Waals surface area contributed by atoms with E-state index in [4.69, 9.17) is 0 Å². The van der Waals surface area contributed by atoms with Gasteiger partial charge in [-0.25, -0.2) is 0 Å². The zero-order valence-corrected chi connectivity index (χ0v) is 20.1. The molecule has 0 aromatic rings. The maximum atomic E-state index is 12.8. The molecule has 1 unspecified atom stereocenters. The van der Waals surface area contributed by atoms with E-state index in [1.165, 1.54) is 17.9 Å². The van der Waals surface area contributed by atoms with Gasteiger partial charge in [0, 0.05) is 19.4 Å². The number of hydrogen-bond acceptors (Lipinski definition) is 3. The van der Waals surface area contributed by atoms with Gasteiger partial charge in [0.1, 0.15) is 6.04 Å². The van der Waals surface area contributed by atoms with E-state index in [0.717, 1.165) is 64.2 Å². The zero-order valence-electron chi connectivity index (χ0n) is 20.1. The quantitative estimate of drug-likeness (QED) is 0.232. The molecule has 0 fully saturated rings. The van der Waals surface area contributed by atoms with Gasteiger partial charge in [-0.3, -0.25) is 24.8 Å². The van der Waals surface area contributed by atoms with Crippen molar-refractivity contribution in [2.45, 2.75) is 130 Å². The molecule has 0 radical (unpaired) electrons. The van der Waals surface area contributed by atoms with Crippen LogP contribution in [0.2, 0.25) is 0 Å². The maximum absolute atomic E-state index is 12.8. The van der Waals surface area contributed by atoms with Crippen molar-refractivity contribution in [3.05, 3.63) is 0 Å². The molecule has 0 aliphatic carbocycles. The molecule has 0 aromatic carbocycles. The minimum Gasteiger partial charge on any atom is -0.344 e. The maximum Gasteiger partial charge on any atom is 0.261 e. The Morgan fingerprint density at radius 1 is 0.700 bits per heavy atom. The number of hydrazine groups is 1. The van der Waals surface area contributed by atoms with Crippen molar-refractivity contribution in [1.82, 2.24) is 15.8 Å². The third-order valence-corrected chi connectivity index (χ3v) is 5.36. The highest BCUT2D eigenvalue weighted by Gasteiger charge is 2.23. The molecule has 1 atom stereocenters. The van der Waals surface area contributed by atoms with Crippen LogP contribution < -0.4 is 10.7 Å². The third kappa shape index (κ3) is 14.4.